The van der Waals surface area contributed by atoms with E-state index in [0.29, 0.717) is 5.56 Å². The van der Waals surface area contributed by atoms with E-state index in [4.69, 9.17) is 5.10 Å². The molecule has 5 heteroatoms. The van der Waals surface area contributed by atoms with E-state index < -0.39 is 0 Å². The van der Waals surface area contributed by atoms with E-state index in [1.54, 1.807) is 6.07 Å². The molecule has 0 bridgehead atoms. The summed E-state index contributed by atoms with van der Waals surface area (Å²) in [6.07, 6.45) is 1.90. The van der Waals surface area contributed by atoms with E-state index in [1.165, 1.54) is 11.6 Å². The molecule has 4 aromatic rings. The Morgan fingerprint density at radius 3 is 2.09 bits per heavy atom. The van der Waals surface area contributed by atoms with Crippen LogP contribution in [0.15, 0.2) is 85.1 Å². The molecule has 0 radical (unpaired) electrons. The van der Waals surface area contributed by atoms with Crippen molar-refractivity contribution in [2.75, 3.05) is 32.7 Å². The largest absolute Gasteiger partial charge is 0.301 e. The van der Waals surface area contributed by atoms with E-state index in [1.807, 2.05) is 41.2 Å². The quantitative estimate of drug-likeness (QED) is 0.397. The van der Waals surface area contributed by atoms with E-state index >= 15 is 0 Å². The molecular formula is C28H29FN4. The van der Waals surface area contributed by atoms with Crippen LogP contribution in [-0.4, -0.2) is 52.3 Å². The van der Waals surface area contributed by atoms with Gasteiger partial charge >= 0.3 is 0 Å². The maximum absolute atomic E-state index is 14.9. The Morgan fingerprint density at radius 2 is 1.39 bits per heavy atom. The van der Waals surface area contributed by atoms with Gasteiger partial charge in [0.15, 0.2) is 0 Å². The van der Waals surface area contributed by atoms with E-state index in [0.717, 1.165) is 61.8 Å². The summed E-state index contributed by atoms with van der Waals surface area (Å²) in [5.41, 5.74) is 5.72. The second kappa shape index (κ2) is 9.69. The third-order valence-corrected chi connectivity index (χ3v) is 6.50. The standard InChI is InChI=1S/C28H29FN4/c1-2-31-16-18-32(19-17-31)21-24-20-30-33(28(24)26-10-6-7-11-27(26)29)25-14-12-23(13-15-25)22-8-4-3-5-9-22/h3-15,20H,2,16-19,21H2,1H3. The molecule has 0 N–H and O–H groups in total. The van der Waals surface area contributed by atoms with E-state index in [9.17, 15) is 4.39 Å². The van der Waals surface area contributed by atoms with Crippen LogP contribution in [0.3, 0.4) is 0 Å². The van der Waals surface area contributed by atoms with Gasteiger partial charge in [-0.15, -0.1) is 0 Å². The molecule has 2 heterocycles. The summed E-state index contributed by atoms with van der Waals surface area (Å²) < 4.78 is 16.8. The number of piperazine rings is 1. The van der Waals surface area contributed by atoms with Gasteiger partial charge in [-0.25, -0.2) is 9.07 Å². The second-order valence-corrected chi connectivity index (χ2v) is 8.53. The van der Waals surface area contributed by atoms with Gasteiger partial charge in [0.2, 0.25) is 0 Å². The first-order valence-corrected chi connectivity index (χ1v) is 11.7. The number of hydrogen-bond donors (Lipinski definition) is 0. The molecule has 5 rings (SSSR count). The minimum Gasteiger partial charge on any atom is -0.301 e. The van der Waals surface area contributed by atoms with Crippen LogP contribution in [0.5, 0.6) is 0 Å². The average molecular weight is 441 g/mol. The summed E-state index contributed by atoms with van der Waals surface area (Å²) in [6, 6.07) is 25.6. The summed E-state index contributed by atoms with van der Waals surface area (Å²) in [5.74, 6) is -0.225. The lowest BCUT2D eigenvalue weighted by atomic mass is 10.0. The molecule has 1 aliphatic heterocycles. The third kappa shape index (κ3) is 4.61. The molecule has 1 aliphatic rings. The summed E-state index contributed by atoms with van der Waals surface area (Å²) in [4.78, 5) is 4.91. The Kier molecular flexibility index (Phi) is 6.33. The number of rotatable bonds is 6. The average Bonchev–Trinajstić information content (AvgIpc) is 3.28. The van der Waals surface area contributed by atoms with Gasteiger partial charge in [0.1, 0.15) is 5.82 Å². The molecule has 0 saturated carbocycles. The van der Waals surface area contributed by atoms with Crippen molar-refractivity contribution in [2.45, 2.75) is 13.5 Å². The van der Waals surface area contributed by atoms with Gasteiger partial charge in [-0.1, -0.05) is 61.5 Å². The van der Waals surface area contributed by atoms with Crippen LogP contribution in [0.4, 0.5) is 4.39 Å². The van der Waals surface area contributed by atoms with Crippen LogP contribution in [0, 0.1) is 5.82 Å². The summed E-state index contributed by atoms with van der Waals surface area (Å²) in [7, 11) is 0. The normalized spacial score (nSPS) is 15.1. The molecule has 0 unspecified atom stereocenters. The van der Waals surface area contributed by atoms with Crippen molar-refractivity contribution < 1.29 is 4.39 Å². The van der Waals surface area contributed by atoms with Gasteiger partial charge in [0, 0.05) is 43.9 Å². The zero-order valence-corrected chi connectivity index (χ0v) is 19.0. The van der Waals surface area contributed by atoms with Crippen molar-refractivity contribution in [1.29, 1.82) is 0 Å². The predicted octanol–water partition coefficient (Wildman–Crippen LogP) is 5.48. The summed E-state index contributed by atoms with van der Waals surface area (Å²) in [5, 5.41) is 4.72. The SMILES string of the molecule is CCN1CCN(Cc2cnn(-c3ccc(-c4ccccc4)cc3)c2-c2ccccc2F)CC1. The smallest absolute Gasteiger partial charge is 0.132 e. The van der Waals surface area contributed by atoms with Crippen LogP contribution < -0.4 is 0 Å². The van der Waals surface area contributed by atoms with Crippen molar-refractivity contribution in [3.63, 3.8) is 0 Å². The molecular weight excluding hydrogens is 411 g/mol. The molecule has 1 aromatic heterocycles. The first-order valence-electron chi connectivity index (χ1n) is 11.7. The molecule has 0 spiro atoms. The maximum Gasteiger partial charge on any atom is 0.132 e. The summed E-state index contributed by atoms with van der Waals surface area (Å²) >= 11 is 0. The number of aromatic nitrogens is 2. The highest BCUT2D eigenvalue weighted by molar-refractivity contribution is 5.68. The van der Waals surface area contributed by atoms with Gasteiger partial charge in [-0.05, 0) is 41.9 Å². The Balaban J connectivity index is 1.49. The Hall–Kier alpha value is -3.28. The van der Waals surface area contributed by atoms with Crippen molar-refractivity contribution >= 4 is 0 Å². The highest BCUT2D eigenvalue weighted by Gasteiger charge is 2.22. The number of benzene rings is 3. The Labute approximate surface area is 194 Å². The van der Waals surface area contributed by atoms with Crippen LogP contribution in [0.2, 0.25) is 0 Å². The van der Waals surface area contributed by atoms with Gasteiger partial charge in [-0.2, -0.15) is 5.10 Å². The Morgan fingerprint density at radius 1 is 0.758 bits per heavy atom. The van der Waals surface area contributed by atoms with Crippen molar-refractivity contribution in [1.82, 2.24) is 19.6 Å². The first kappa shape index (κ1) is 21.6. The minimum atomic E-state index is -0.225. The fraction of sp³-hybridized carbons (Fsp3) is 0.250. The summed E-state index contributed by atoms with van der Waals surface area (Å²) in [6.45, 7) is 8.23. The molecule has 4 nitrogen and oxygen atoms in total. The zero-order valence-electron chi connectivity index (χ0n) is 19.0. The molecule has 1 fully saturated rings. The Bertz CT molecular complexity index is 1190. The number of halogens is 1. The predicted molar refractivity (Wildman–Crippen MR) is 132 cm³/mol. The highest BCUT2D eigenvalue weighted by atomic mass is 19.1. The van der Waals surface area contributed by atoms with Crippen molar-refractivity contribution in [3.05, 3.63) is 96.4 Å². The van der Waals surface area contributed by atoms with Crippen molar-refractivity contribution in [2.24, 2.45) is 0 Å². The second-order valence-electron chi connectivity index (χ2n) is 8.53. The lowest BCUT2D eigenvalue weighted by molar-refractivity contribution is 0.132. The van der Waals surface area contributed by atoms with E-state index in [-0.39, 0.29) is 5.82 Å². The number of hydrogen-bond acceptors (Lipinski definition) is 3. The van der Waals surface area contributed by atoms with Crippen LogP contribution in [0.1, 0.15) is 12.5 Å². The fourth-order valence-electron chi connectivity index (χ4n) is 4.56. The number of likely N-dealkylation sites (N-methyl/N-ethyl adjacent to an activating group) is 1. The highest BCUT2D eigenvalue weighted by Crippen LogP contribution is 2.31. The lowest BCUT2D eigenvalue weighted by Gasteiger charge is -2.34. The topological polar surface area (TPSA) is 24.3 Å². The van der Waals surface area contributed by atoms with Gasteiger partial charge < -0.3 is 4.90 Å². The first-order chi connectivity index (χ1) is 16.2. The molecule has 168 valence electrons. The fourth-order valence-corrected chi connectivity index (χ4v) is 4.56. The minimum absolute atomic E-state index is 0.225. The van der Waals surface area contributed by atoms with Gasteiger partial charge in [0.25, 0.3) is 0 Å². The van der Waals surface area contributed by atoms with Gasteiger partial charge in [0.05, 0.1) is 17.6 Å². The molecule has 1 saturated heterocycles. The molecule has 0 atom stereocenters. The number of nitrogens with zero attached hydrogens (tertiary/aromatic N) is 4. The molecule has 0 amide bonds. The zero-order chi connectivity index (χ0) is 22.6. The maximum atomic E-state index is 14.9. The molecule has 33 heavy (non-hydrogen) atoms. The van der Waals surface area contributed by atoms with E-state index in [2.05, 4.69) is 53.1 Å². The van der Waals surface area contributed by atoms with Gasteiger partial charge in [-0.3, -0.25) is 4.90 Å². The lowest BCUT2D eigenvalue weighted by Crippen LogP contribution is -2.45. The monoisotopic (exact) mass is 440 g/mol. The van der Waals surface area contributed by atoms with Crippen LogP contribution in [0.25, 0.3) is 28.1 Å². The molecule has 3 aromatic carbocycles. The van der Waals surface area contributed by atoms with Crippen LogP contribution in [-0.2, 0) is 6.54 Å². The molecule has 0 aliphatic carbocycles. The van der Waals surface area contributed by atoms with Crippen molar-refractivity contribution in [3.8, 4) is 28.1 Å². The third-order valence-electron chi connectivity index (χ3n) is 6.50. The van der Waals surface area contributed by atoms with Crippen LogP contribution >= 0.6 is 0 Å².